The molecule has 2 aliphatic rings. The van der Waals surface area contributed by atoms with Gasteiger partial charge in [0, 0.05) is 35.8 Å². The summed E-state index contributed by atoms with van der Waals surface area (Å²) in [6.45, 7) is 1.68. The number of amides is 2. The number of fused-ring (bicyclic) bond motifs is 3. The maximum absolute atomic E-state index is 13.0. The number of carbonyl (C=O) groups is 2. The molecule has 1 saturated carbocycles. The minimum Gasteiger partial charge on any atom is -0.382 e. The number of aromatic nitrogens is 4. The van der Waals surface area contributed by atoms with E-state index in [9.17, 15) is 9.59 Å². The highest BCUT2D eigenvalue weighted by Gasteiger charge is 2.50. The number of imidazole rings is 1. The molecule has 1 aromatic carbocycles. The van der Waals surface area contributed by atoms with Gasteiger partial charge in [0.25, 0.3) is 11.8 Å². The van der Waals surface area contributed by atoms with E-state index < -0.39 is 0 Å². The number of nitrogens with zero attached hydrogens (tertiary/aromatic N) is 5. The summed E-state index contributed by atoms with van der Waals surface area (Å²) in [7, 11) is 0. The van der Waals surface area contributed by atoms with Gasteiger partial charge in [0.15, 0.2) is 0 Å². The van der Waals surface area contributed by atoms with Gasteiger partial charge in [-0.15, -0.1) is 0 Å². The van der Waals surface area contributed by atoms with Gasteiger partial charge >= 0.3 is 0 Å². The van der Waals surface area contributed by atoms with E-state index in [0.29, 0.717) is 34.3 Å². The normalized spacial score (nSPS) is 20.0. The lowest BCUT2D eigenvalue weighted by molar-refractivity contribution is -0.129. The number of hydrogen-bond acceptors (Lipinski definition) is 6. The van der Waals surface area contributed by atoms with Crippen LogP contribution in [0.5, 0.6) is 0 Å². The van der Waals surface area contributed by atoms with Crippen molar-refractivity contribution >= 4 is 29.0 Å². The standard InChI is InChI=1S/C28H25N7O2/c1-2-5-22(36)35-20-12-11-19(16-20)24(35)27-33-23(25-26(29)31-14-15-34(25)27)17-7-9-18(10-8-17)28(37)32-21-6-3-4-13-30-21/h3-4,6-10,13-15,19-20,24H,11-12,16H2,1H3,(H2,29,31)(H,30,32,37)/t19-,20+,24-/m0/s1. The van der Waals surface area contributed by atoms with Crippen molar-refractivity contribution in [3.05, 3.63) is 72.4 Å². The van der Waals surface area contributed by atoms with Crippen LogP contribution in [0.4, 0.5) is 11.6 Å². The van der Waals surface area contributed by atoms with Crippen molar-refractivity contribution in [3.63, 3.8) is 0 Å². The third kappa shape index (κ3) is 3.87. The highest BCUT2D eigenvalue weighted by molar-refractivity contribution is 6.04. The lowest BCUT2D eigenvalue weighted by atomic mass is 9.98. The Morgan fingerprint density at radius 2 is 1.92 bits per heavy atom. The van der Waals surface area contributed by atoms with Crippen molar-refractivity contribution in [1.82, 2.24) is 24.3 Å². The van der Waals surface area contributed by atoms with Crippen LogP contribution in [0.15, 0.2) is 61.1 Å². The first-order chi connectivity index (χ1) is 18.0. The van der Waals surface area contributed by atoms with Crippen LogP contribution in [0.3, 0.4) is 0 Å². The van der Waals surface area contributed by atoms with Gasteiger partial charge in [-0.2, -0.15) is 0 Å². The molecule has 1 aliphatic carbocycles. The Bertz CT molecular complexity index is 1570. The molecule has 3 atom stereocenters. The first kappa shape index (κ1) is 22.7. The third-order valence-electron chi connectivity index (χ3n) is 7.25. The largest absolute Gasteiger partial charge is 0.382 e. The smallest absolute Gasteiger partial charge is 0.299 e. The van der Waals surface area contributed by atoms with Gasteiger partial charge in [-0.25, -0.2) is 15.0 Å². The Kier molecular flexibility index (Phi) is 5.57. The van der Waals surface area contributed by atoms with Gasteiger partial charge in [-0.05, 0) is 62.3 Å². The molecule has 6 rings (SSSR count). The molecule has 2 bridgehead atoms. The Labute approximate surface area is 213 Å². The third-order valence-corrected chi connectivity index (χ3v) is 7.25. The summed E-state index contributed by atoms with van der Waals surface area (Å²) >= 11 is 0. The number of benzene rings is 1. The summed E-state index contributed by atoms with van der Waals surface area (Å²) in [6, 6.07) is 12.5. The van der Waals surface area contributed by atoms with Gasteiger partial charge < -0.3 is 16.0 Å². The molecule has 1 aliphatic heterocycles. The van der Waals surface area contributed by atoms with Crippen LogP contribution in [0.2, 0.25) is 0 Å². The number of anilines is 2. The number of hydrogen-bond donors (Lipinski definition) is 2. The monoisotopic (exact) mass is 491 g/mol. The summed E-state index contributed by atoms with van der Waals surface area (Å²) in [5, 5.41) is 2.79. The second-order valence-electron chi connectivity index (χ2n) is 9.36. The minimum absolute atomic E-state index is 0.164. The first-order valence-corrected chi connectivity index (χ1v) is 12.3. The summed E-state index contributed by atoms with van der Waals surface area (Å²) in [6.07, 6.45) is 8.09. The van der Waals surface area contributed by atoms with E-state index in [0.717, 1.165) is 30.7 Å². The van der Waals surface area contributed by atoms with Gasteiger partial charge in [0.2, 0.25) is 0 Å². The van der Waals surface area contributed by atoms with Gasteiger partial charge in [0.05, 0.1) is 6.04 Å². The van der Waals surface area contributed by atoms with E-state index in [1.807, 2.05) is 33.7 Å². The Balaban J connectivity index is 1.39. The molecule has 9 nitrogen and oxygen atoms in total. The van der Waals surface area contributed by atoms with Crippen LogP contribution in [-0.2, 0) is 4.79 Å². The van der Waals surface area contributed by atoms with Crippen molar-refractivity contribution in [2.75, 3.05) is 11.1 Å². The maximum Gasteiger partial charge on any atom is 0.299 e. The highest BCUT2D eigenvalue weighted by Crippen LogP contribution is 2.50. The molecule has 9 heteroatoms. The fourth-order valence-corrected chi connectivity index (χ4v) is 5.69. The second kappa shape index (κ2) is 9.06. The van der Waals surface area contributed by atoms with Gasteiger partial charge in [-0.1, -0.05) is 24.1 Å². The molecule has 0 spiro atoms. The van der Waals surface area contributed by atoms with Crippen LogP contribution < -0.4 is 11.1 Å². The molecule has 4 aromatic rings. The van der Waals surface area contributed by atoms with E-state index in [1.54, 1.807) is 43.6 Å². The van der Waals surface area contributed by atoms with Crippen molar-refractivity contribution in [2.24, 2.45) is 5.92 Å². The average molecular weight is 492 g/mol. The molecule has 37 heavy (non-hydrogen) atoms. The number of carbonyl (C=O) groups excluding carboxylic acids is 2. The summed E-state index contributed by atoms with van der Waals surface area (Å²) in [5.74, 6) is 6.96. The van der Waals surface area contributed by atoms with Crippen molar-refractivity contribution < 1.29 is 9.59 Å². The molecule has 3 aromatic heterocycles. The quantitative estimate of drug-likeness (QED) is 0.420. The average Bonchev–Trinajstić information content (AvgIpc) is 3.63. The van der Waals surface area contributed by atoms with E-state index >= 15 is 0 Å². The number of nitrogens with two attached hydrogens (primary N) is 1. The topological polar surface area (TPSA) is 119 Å². The predicted molar refractivity (Wildman–Crippen MR) is 139 cm³/mol. The minimum atomic E-state index is -0.255. The first-order valence-electron chi connectivity index (χ1n) is 12.3. The predicted octanol–water partition coefficient (Wildman–Crippen LogP) is 3.70. The van der Waals surface area contributed by atoms with E-state index in [2.05, 4.69) is 27.1 Å². The zero-order valence-corrected chi connectivity index (χ0v) is 20.3. The Morgan fingerprint density at radius 1 is 1.08 bits per heavy atom. The van der Waals surface area contributed by atoms with E-state index in [-0.39, 0.29) is 23.9 Å². The maximum atomic E-state index is 13.0. The van der Waals surface area contributed by atoms with Crippen LogP contribution in [0.1, 0.15) is 48.4 Å². The van der Waals surface area contributed by atoms with Crippen LogP contribution >= 0.6 is 0 Å². The van der Waals surface area contributed by atoms with Crippen molar-refractivity contribution in [2.45, 2.75) is 38.3 Å². The lowest BCUT2D eigenvalue weighted by Gasteiger charge is -2.33. The summed E-state index contributed by atoms with van der Waals surface area (Å²) < 4.78 is 1.95. The molecule has 2 fully saturated rings. The molecule has 2 amide bonds. The van der Waals surface area contributed by atoms with Crippen molar-refractivity contribution in [1.29, 1.82) is 0 Å². The molecule has 0 radical (unpaired) electrons. The lowest BCUT2D eigenvalue weighted by Crippen LogP contribution is -2.40. The molecule has 184 valence electrons. The molecular formula is C28H25N7O2. The summed E-state index contributed by atoms with van der Waals surface area (Å²) in [5.41, 5.74) is 8.98. The van der Waals surface area contributed by atoms with Crippen LogP contribution in [-0.4, -0.2) is 42.1 Å². The number of pyridine rings is 1. The zero-order valence-electron chi connectivity index (χ0n) is 20.3. The number of nitrogens with one attached hydrogen (secondary N) is 1. The van der Waals surface area contributed by atoms with Gasteiger partial charge in [-0.3, -0.25) is 14.0 Å². The molecule has 3 N–H and O–H groups in total. The fourth-order valence-electron chi connectivity index (χ4n) is 5.69. The number of rotatable bonds is 4. The van der Waals surface area contributed by atoms with E-state index in [1.165, 1.54) is 0 Å². The SMILES string of the molecule is CC#CC(=O)N1[C@@H]2CC[C@@H](C2)[C@H]1c1nc(-c2ccc(C(=O)Nc3ccccn3)cc2)c2c(N)nccn12. The highest BCUT2D eigenvalue weighted by atomic mass is 16.2. The fraction of sp³-hybridized carbons (Fsp3) is 0.250. The number of piperidine rings is 1. The second-order valence-corrected chi connectivity index (χ2v) is 9.36. The van der Waals surface area contributed by atoms with E-state index in [4.69, 9.17) is 10.7 Å². The zero-order chi connectivity index (χ0) is 25.5. The molecule has 4 heterocycles. The summed E-state index contributed by atoms with van der Waals surface area (Å²) in [4.78, 5) is 41.0. The van der Waals surface area contributed by atoms with Crippen LogP contribution in [0.25, 0.3) is 16.8 Å². The number of nitrogen functional groups attached to an aromatic ring is 1. The molecule has 1 saturated heterocycles. The van der Waals surface area contributed by atoms with Gasteiger partial charge in [0.1, 0.15) is 28.7 Å². The van der Waals surface area contributed by atoms with Crippen LogP contribution in [0, 0.1) is 17.8 Å². The van der Waals surface area contributed by atoms with Crippen molar-refractivity contribution in [3.8, 4) is 23.1 Å². The number of likely N-dealkylation sites (tertiary alicyclic amines) is 1. The Morgan fingerprint density at radius 3 is 2.68 bits per heavy atom. The Hall–Kier alpha value is -4.71. The molecular weight excluding hydrogens is 466 g/mol. The molecule has 0 unspecified atom stereocenters.